The molecule has 0 aromatic carbocycles. The molecular formula is C32H48FN5O6. The molecule has 0 amide bonds. The molecule has 0 aliphatic carbocycles. The summed E-state index contributed by atoms with van der Waals surface area (Å²) in [7, 11) is 0. The van der Waals surface area contributed by atoms with Crippen molar-refractivity contribution in [2.45, 2.75) is 140 Å². The molecule has 0 radical (unpaired) electrons. The number of aromatic nitrogens is 4. The van der Waals surface area contributed by atoms with Gasteiger partial charge in [-0.2, -0.15) is 14.4 Å². The number of carbonyl (C=O) groups is 2. The fourth-order valence-corrected chi connectivity index (χ4v) is 5.63. The van der Waals surface area contributed by atoms with Crippen LogP contribution in [0.15, 0.2) is 6.33 Å². The summed E-state index contributed by atoms with van der Waals surface area (Å²) in [4.78, 5) is 34.2. The lowest BCUT2D eigenvalue weighted by Gasteiger charge is -2.26. The molecule has 1 saturated heterocycles. The standard InChI is InChI=1S/C32H48FN5O6/c1-2-32(24(39)21-25(44-32)38-23-35-28-29(34)36-31(33)37-30(28)38)22-43-27(42)20-18-16-14-12-10-8-6-4-3-5-7-9-11-13-15-17-19-26(40)41/h1,23-25,39H,3-22H2,(H,40,41)(H2,34,36,37)/t24-,25+,32+/m0/s1. The SMILES string of the molecule is C#C[C@]1(COC(=O)CCCCCCCCCCCCCCCCCCC(=O)O)O[C@@H](n2cnc3c(N)nc(F)nc32)C[C@@H]1O. The predicted octanol–water partition coefficient (Wildman–Crippen LogP) is 5.85. The Morgan fingerprint density at radius 2 is 1.50 bits per heavy atom. The zero-order valence-electron chi connectivity index (χ0n) is 25.7. The number of carboxylic acids is 1. The number of carboxylic acid groups (broad SMARTS) is 1. The second-order valence-corrected chi connectivity index (χ2v) is 11.8. The highest BCUT2D eigenvalue weighted by atomic mass is 19.1. The van der Waals surface area contributed by atoms with Gasteiger partial charge in [0.1, 0.15) is 18.9 Å². The lowest BCUT2D eigenvalue weighted by Crippen LogP contribution is -2.43. The Labute approximate surface area is 259 Å². The normalized spacial score (nSPS) is 19.8. The van der Waals surface area contributed by atoms with E-state index >= 15 is 0 Å². The highest BCUT2D eigenvalue weighted by Crippen LogP contribution is 2.38. The Morgan fingerprint density at radius 1 is 0.977 bits per heavy atom. The van der Waals surface area contributed by atoms with Gasteiger partial charge in [-0.15, -0.1) is 6.42 Å². The molecule has 3 atom stereocenters. The van der Waals surface area contributed by atoms with E-state index in [1.807, 2.05) is 0 Å². The van der Waals surface area contributed by atoms with Gasteiger partial charge >= 0.3 is 18.0 Å². The van der Waals surface area contributed by atoms with Gasteiger partial charge in [-0.25, -0.2) is 4.98 Å². The van der Waals surface area contributed by atoms with Gasteiger partial charge in [-0.3, -0.25) is 14.2 Å². The highest BCUT2D eigenvalue weighted by Gasteiger charge is 2.49. The van der Waals surface area contributed by atoms with Crippen molar-refractivity contribution in [3.63, 3.8) is 0 Å². The van der Waals surface area contributed by atoms with E-state index in [9.17, 15) is 19.1 Å². The van der Waals surface area contributed by atoms with E-state index in [-0.39, 0.29) is 36.4 Å². The van der Waals surface area contributed by atoms with Crippen LogP contribution in [0.1, 0.15) is 128 Å². The number of hydrogen-bond acceptors (Lipinski definition) is 9. The largest absolute Gasteiger partial charge is 0.481 e. The maximum absolute atomic E-state index is 13.7. The zero-order valence-corrected chi connectivity index (χ0v) is 25.7. The summed E-state index contributed by atoms with van der Waals surface area (Å²) in [6.07, 6.45) is 22.9. The van der Waals surface area contributed by atoms with Crippen molar-refractivity contribution in [1.82, 2.24) is 19.5 Å². The summed E-state index contributed by atoms with van der Waals surface area (Å²) < 4.78 is 26.5. The van der Waals surface area contributed by atoms with E-state index in [0.717, 1.165) is 44.9 Å². The van der Waals surface area contributed by atoms with Gasteiger partial charge in [0.05, 0.1) is 6.33 Å². The number of fused-ring (bicyclic) bond motifs is 1. The molecular weight excluding hydrogens is 569 g/mol. The van der Waals surface area contributed by atoms with E-state index in [2.05, 4.69) is 20.9 Å². The van der Waals surface area contributed by atoms with Crippen LogP contribution in [0, 0.1) is 18.4 Å². The summed E-state index contributed by atoms with van der Waals surface area (Å²) in [5.74, 6) is 1.24. The number of nitrogen functional groups attached to an aromatic ring is 1. The number of nitrogens with two attached hydrogens (primary N) is 1. The first-order valence-electron chi connectivity index (χ1n) is 16.1. The number of carbonyl (C=O) groups excluding carboxylic acids is 1. The van der Waals surface area contributed by atoms with Gasteiger partial charge in [-0.05, 0) is 12.8 Å². The van der Waals surface area contributed by atoms with E-state index in [1.54, 1.807) is 0 Å². The molecule has 12 heteroatoms. The molecule has 2 aromatic heterocycles. The van der Waals surface area contributed by atoms with Crippen LogP contribution < -0.4 is 5.73 Å². The van der Waals surface area contributed by atoms with Gasteiger partial charge in [-0.1, -0.05) is 95.8 Å². The molecule has 2 aromatic rings. The minimum Gasteiger partial charge on any atom is -0.481 e. The molecule has 11 nitrogen and oxygen atoms in total. The van der Waals surface area contributed by atoms with Gasteiger partial charge in [0.15, 0.2) is 22.6 Å². The third-order valence-corrected chi connectivity index (χ3v) is 8.25. The van der Waals surface area contributed by atoms with Crippen LogP contribution in [0.2, 0.25) is 0 Å². The van der Waals surface area contributed by atoms with Gasteiger partial charge in [0.2, 0.25) is 0 Å². The number of rotatable bonds is 22. The Bertz CT molecular complexity index is 1230. The number of aliphatic hydroxyl groups is 1. The first-order valence-corrected chi connectivity index (χ1v) is 16.1. The van der Waals surface area contributed by atoms with Crippen LogP contribution in [-0.4, -0.2) is 60.0 Å². The number of halogens is 1. The molecule has 3 rings (SSSR count). The van der Waals surface area contributed by atoms with Crippen molar-refractivity contribution in [2.24, 2.45) is 0 Å². The van der Waals surface area contributed by atoms with Gasteiger partial charge in [0.25, 0.3) is 0 Å². The molecule has 1 aliphatic rings. The number of ether oxygens (including phenoxy) is 2. The average Bonchev–Trinajstić information content (AvgIpc) is 3.56. The summed E-state index contributed by atoms with van der Waals surface area (Å²) >= 11 is 0. The van der Waals surface area contributed by atoms with Gasteiger partial charge < -0.3 is 25.4 Å². The third-order valence-electron chi connectivity index (χ3n) is 8.25. The first-order chi connectivity index (χ1) is 21.3. The van der Waals surface area contributed by atoms with Crippen LogP contribution >= 0.6 is 0 Å². The number of anilines is 1. The van der Waals surface area contributed by atoms with E-state index < -0.39 is 35.9 Å². The van der Waals surface area contributed by atoms with E-state index in [1.165, 1.54) is 68.7 Å². The fraction of sp³-hybridized carbons (Fsp3) is 0.719. The van der Waals surface area contributed by atoms with Crippen molar-refractivity contribution in [2.75, 3.05) is 12.3 Å². The first kappa shape index (κ1) is 35.2. The molecule has 0 saturated carbocycles. The second-order valence-electron chi connectivity index (χ2n) is 11.8. The topological polar surface area (TPSA) is 163 Å². The molecule has 1 fully saturated rings. The number of imidazole rings is 1. The minimum atomic E-state index is -1.54. The second kappa shape index (κ2) is 18.5. The van der Waals surface area contributed by atoms with Crippen LogP contribution in [0.4, 0.5) is 10.2 Å². The highest BCUT2D eigenvalue weighted by molar-refractivity contribution is 5.81. The molecule has 3 heterocycles. The molecule has 0 spiro atoms. The monoisotopic (exact) mass is 617 g/mol. The van der Waals surface area contributed by atoms with Crippen LogP contribution in [0.3, 0.4) is 0 Å². The Balaban J connectivity index is 1.20. The van der Waals surface area contributed by atoms with Crippen molar-refractivity contribution in [3.05, 3.63) is 12.4 Å². The molecule has 1 aliphatic heterocycles. The molecule has 0 bridgehead atoms. The smallest absolute Gasteiger partial charge is 0.312 e. The zero-order chi connectivity index (χ0) is 31.8. The summed E-state index contributed by atoms with van der Waals surface area (Å²) in [5, 5.41) is 19.3. The molecule has 244 valence electrons. The molecule has 4 N–H and O–H groups in total. The van der Waals surface area contributed by atoms with Crippen LogP contribution in [-0.2, 0) is 19.1 Å². The van der Waals surface area contributed by atoms with Crippen molar-refractivity contribution in [1.29, 1.82) is 0 Å². The average molecular weight is 618 g/mol. The summed E-state index contributed by atoms with van der Waals surface area (Å²) in [6, 6.07) is 0. The number of esters is 1. The summed E-state index contributed by atoms with van der Waals surface area (Å²) in [5.41, 5.74) is 4.50. The lowest BCUT2D eigenvalue weighted by molar-refractivity contribution is -0.156. The van der Waals surface area contributed by atoms with Crippen LogP contribution in [0.25, 0.3) is 11.2 Å². The Kier molecular flexibility index (Phi) is 14.8. The number of terminal acetylenes is 1. The molecule has 44 heavy (non-hydrogen) atoms. The quantitative estimate of drug-likeness (QED) is 0.0632. The lowest BCUT2D eigenvalue weighted by atomic mass is 9.99. The van der Waals surface area contributed by atoms with Gasteiger partial charge in [0, 0.05) is 19.3 Å². The minimum absolute atomic E-state index is 0.0670. The number of unbranched alkanes of at least 4 members (excludes halogenated alkanes) is 15. The van der Waals surface area contributed by atoms with Crippen LogP contribution in [0.5, 0.6) is 0 Å². The number of aliphatic hydroxyl groups excluding tert-OH is 1. The van der Waals surface area contributed by atoms with E-state index in [0.29, 0.717) is 6.42 Å². The molecule has 0 unspecified atom stereocenters. The maximum Gasteiger partial charge on any atom is 0.312 e. The number of hydrogen-bond donors (Lipinski definition) is 3. The predicted molar refractivity (Wildman–Crippen MR) is 164 cm³/mol. The van der Waals surface area contributed by atoms with E-state index in [4.69, 9.17) is 26.7 Å². The van der Waals surface area contributed by atoms with Crippen molar-refractivity contribution < 1.29 is 33.7 Å². The fourth-order valence-electron chi connectivity index (χ4n) is 5.63. The number of aliphatic carboxylic acids is 1. The summed E-state index contributed by atoms with van der Waals surface area (Å²) in [6.45, 7) is -0.299. The number of nitrogens with zero attached hydrogens (tertiary/aromatic N) is 4. The Hall–Kier alpha value is -3.30. The van der Waals surface area contributed by atoms with Crippen molar-refractivity contribution >= 4 is 28.9 Å². The van der Waals surface area contributed by atoms with Crippen molar-refractivity contribution in [3.8, 4) is 12.3 Å². The Morgan fingerprint density at radius 3 is 2.02 bits per heavy atom. The maximum atomic E-state index is 13.7. The third kappa shape index (κ3) is 11.0.